The zero-order valence-electron chi connectivity index (χ0n) is 10.6. The molecular formula is C14H17FN2OS. The van der Waals surface area contributed by atoms with Gasteiger partial charge in [-0.05, 0) is 48.9 Å². The molecule has 1 saturated carbocycles. The zero-order valence-corrected chi connectivity index (χ0v) is 11.4. The third-order valence-electron chi connectivity index (χ3n) is 3.56. The highest BCUT2D eigenvalue weighted by molar-refractivity contribution is 7.99. The van der Waals surface area contributed by atoms with Crippen molar-refractivity contribution in [3.05, 3.63) is 29.6 Å². The first-order valence-corrected chi connectivity index (χ1v) is 7.67. The molecular weight excluding hydrogens is 263 g/mol. The van der Waals surface area contributed by atoms with Crippen LogP contribution in [0.2, 0.25) is 0 Å². The van der Waals surface area contributed by atoms with E-state index in [9.17, 15) is 9.18 Å². The van der Waals surface area contributed by atoms with Crippen LogP contribution in [0.1, 0.15) is 30.9 Å². The van der Waals surface area contributed by atoms with Gasteiger partial charge in [0.05, 0.1) is 6.04 Å². The quantitative estimate of drug-likeness (QED) is 0.893. The van der Waals surface area contributed by atoms with Crippen LogP contribution < -0.4 is 10.6 Å². The Labute approximate surface area is 116 Å². The molecule has 1 aromatic carbocycles. The monoisotopic (exact) mass is 280 g/mol. The van der Waals surface area contributed by atoms with Crippen LogP contribution in [0, 0.1) is 11.7 Å². The van der Waals surface area contributed by atoms with E-state index >= 15 is 0 Å². The molecule has 19 heavy (non-hydrogen) atoms. The van der Waals surface area contributed by atoms with Crippen LogP contribution in [0.5, 0.6) is 0 Å². The molecule has 1 fully saturated rings. The summed E-state index contributed by atoms with van der Waals surface area (Å²) in [6, 6.07) is 4.59. The average Bonchev–Trinajstić information content (AvgIpc) is 3.21. The number of carbonyl (C=O) groups is 1. The third-order valence-corrected chi connectivity index (χ3v) is 4.69. The Morgan fingerprint density at radius 1 is 1.37 bits per heavy atom. The maximum absolute atomic E-state index is 13.3. The first kappa shape index (κ1) is 12.8. The van der Waals surface area contributed by atoms with Gasteiger partial charge < -0.3 is 10.6 Å². The molecule has 3 nitrogen and oxygen atoms in total. The van der Waals surface area contributed by atoms with Gasteiger partial charge in [0.25, 0.3) is 0 Å². The number of fused-ring (bicyclic) bond motifs is 1. The summed E-state index contributed by atoms with van der Waals surface area (Å²) in [5.41, 5.74) is 0.901. The summed E-state index contributed by atoms with van der Waals surface area (Å²) < 4.78 is 13.3. The molecule has 1 aliphatic heterocycles. The molecule has 2 N–H and O–H groups in total. The highest BCUT2D eigenvalue weighted by atomic mass is 32.2. The fourth-order valence-electron chi connectivity index (χ4n) is 2.28. The van der Waals surface area contributed by atoms with E-state index in [0.717, 1.165) is 29.2 Å². The fourth-order valence-corrected chi connectivity index (χ4v) is 3.39. The van der Waals surface area contributed by atoms with Crippen molar-refractivity contribution >= 4 is 17.8 Å². The maximum Gasteiger partial charge on any atom is 0.315 e. The molecule has 102 valence electrons. The van der Waals surface area contributed by atoms with Crippen LogP contribution in [0.3, 0.4) is 0 Å². The topological polar surface area (TPSA) is 41.1 Å². The number of carbonyl (C=O) groups excluding carboxylic acids is 1. The number of rotatable bonds is 3. The first-order chi connectivity index (χ1) is 9.22. The van der Waals surface area contributed by atoms with Crippen molar-refractivity contribution in [3.63, 3.8) is 0 Å². The SMILES string of the molecule is O=C(NCC1CC1)N[C@@H]1CCSc2ccc(F)cc21. The van der Waals surface area contributed by atoms with Crippen LogP contribution in [-0.4, -0.2) is 18.3 Å². The second-order valence-corrected chi connectivity index (χ2v) is 6.31. The van der Waals surface area contributed by atoms with E-state index in [1.807, 2.05) is 0 Å². The number of nitrogens with one attached hydrogen (secondary N) is 2. The second kappa shape index (κ2) is 5.41. The van der Waals surface area contributed by atoms with E-state index in [1.54, 1.807) is 17.8 Å². The lowest BCUT2D eigenvalue weighted by Gasteiger charge is -2.26. The van der Waals surface area contributed by atoms with Crippen LogP contribution in [-0.2, 0) is 0 Å². The highest BCUT2D eigenvalue weighted by Gasteiger charge is 2.25. The molecule has 0 spiro atoms. The van der Waals surface area contributed by atoms with E-state index in [0.29, 0.717) is 5.92 Å². The van der Waals surface area contributed by atoms with E-state index in [-0.39, 0.29) is 17.9 Å². The Hall–Kier alpha value is -1.23. The summed E-state index contributed by atoms with van der Waals surface area (Å²) in [6.45, 7) is 0.753. The Bertz CT molecular complexity index is 490. The number of urea groups is 1. The van der Waals surface area contributed by atoms with Gasteiger partial charge in [0.15, 0.2) is 0 Å². The molecule has 0 radical (unpaired) electrons. The molecule has 0 saturated heterocycles. The van der Waals surface area contributed by atoms with Gasteiger partial charge >= 0.3 is 6.03 Å². The van der Waals surface area contributed by atoms with Crippen molar-refractivity contribution in [2.75, 3.05) is 12.3 Å². The van der Waals surface area contributed by atoms with E-state index in [4.69, 9.17) is 0 Å². The van der Waals surface area contributed by atoms with Gasteiger partial charge in [-0.25, -0.2) is 9.18 Å². The summed E-state index contributed by atoms with van der Waals surface area (Å²) in [7, 11) is 0. The number of amides is 2. The Balaban J connectivity index is 1.64. The summed E-state index contributed by atoms with van der Waals surface area (Å²) in [5, 5.41) is 5.84. The lowest BCUT2D eigenvalue weighted by molar-refractivity contribution is 0.236. The van der Waals surface area contributed by atoms with Crippen molar-refractivity contribution < 1.29 is 9.18 Å². The van der Waals surface area contributed by atoms with Gasteiger partial charge in [0, 0.05) is 17.2 Å². The van der Waals surface area contributed by atoms with Gasteiger partial charge in [0.1, 0.15) is 5.82 Å². The smallest absolute Gasteiger partial charge is 0.315 e. The van der Waals surface area contributed by atoms with Gasteiger partial charge in [-0.2, -0.15) is 0 Å². The standard InChI is InChI=1S/C14H17FN2OS/c15-10-3-4-13-11(7-10)12(5-6-19-13)17-14(18)16-8-9-1-2-9/h3-4,7,9,12H,1-2,5-6,8H2,(H2,16,17,18)/t12-/m1/s1. The molecule has 1 aromatic rings. The molecule has 1 atom stereocenters. The maximum atomic E-state index is 13.3. The molecule has 2 aliphatic rings. The molecule has 1 aliphatic carbocycles. The highest BCUT2D eigenvalue weighted by Crippen LogP contribution is 2.36. The third kappa shape index (κ3) is 3.21. The van der Waals surface area contributed by atoms with Crippen LogP contribution in [0.4, 0.5) is 9.18 Å². The predicted octanol–water partition coefficient (Wildman–Crippen LogP) is 3.07. The zero-order chi connectivity index (χ0) is 13.2. The lowest BCUT2D eigenvalue weighted by Crippen LogP contribution is -2.39. The van der Waals surface area contributed by atoms with Crippen molar-refractivity contribution in [2.24, 2.45) is 5.92 Å². The molecule has 2 amide bonds. The Morgan fingerprint density at radius 3 is 3.00 bits per heavy atom. The van der Waals surface area contributed by atoms with Gasteiger partial charge in [-0.1, -0.05) is 0 Å². The number of hydrogen-bond donors (Lipinski definition) is 2. The molecule has 0 aromatic heterocycles. The van der Waals surface area contributed by atoms with Crippen molar-refractivity contribution in [1.82, 2.24) is 10.6 Å². The molecule has 3 rings (SSSR count). The largest absolute Gasteiger partial charge is 0.338 e. The minimum atomic E-state index is -0.244. The van der Waals surface area contributed by atoms with Gasteiger partial charge in [-0.15, -0.1) is 11.8 Å². The summed E-state index contributed by atoms with van der Waals surface area (Å²) >= 11 is 1.72. The summed E-state index contributed by atoms with van der Waals surface area (Å²) in [6.07, 6.45) is 3.28. The summed E-state index contributed by atoms with van der Waals surface area (Å²) in [4.78, 5) is 12.9. The van der Waals surface area contributed by atoms with Crippen molar-refractivity contribution in [1.29, 1.82) is 0 Å². The van der Waals surface area contributed by atoms with Crippen molar-refractivity contribution in [2.45, 2.75) is 30.2 Å². The van der Waals surface area contributed by atoms with E-state index in [1.165, 1.54) is 25.0 Å². The number of thioether (sulfide) groups is 1. The fraction of sp³-hybridized carbons (Fsp3) is 0.500. The number of halogens is 1. The Kier molecular flexibility index (Phi) is 3.64. The number of benzene rings is 1. The minimum absolute atomic E-state index is 0.0776. The van der Waals surface area contributed by atoms with Crippen molar-refractivity contribution in [3.8, 4) is 0 Å². The average molecular weight is 280 g/mol. The molecule has 1 heterocycles. The number of hydrogen-bond acceptors (Lipinski definition) is 2. The summed E-state index contributed by atoms with van der Waals surface area (Å²) in [5.74, 6) is 1.37. The van der Waals surface area contributed by atoms with Gasteiger partial charge in [0.2, 0.25) is 0 Å². The van der Waals surface area contributed by atoms with Crippen LogP contribution >= 0.6 is 11.8 Å². The minimum Gasteiger partial charge on any atom is -0.338 e. The van der Waals surface area contributed by atoms with Crippen LogP contribution in [0.15, 0.2) is 23.1 Å². The molecule has 5 heteroatoms. The van der Waals surface area contributed by atoms with Gasteiger partial charge in [-0.3, -0.25) is 0 Å². The molecule has 0 bridgehead atoms. The van der Waals surface area contributed by atoms with E-state index in [2.05, 4.69) is 10.6 Å². The molecule has 0 unspecified atom stereocenters. The van der Waals surface area contributed by atoms with Crippen LogP contribution in [0.25, 0.3) is 0 Å². The Morgan fingerprint density at radius 2 is 2.21 bits per heavy atom. The predicted molar refractivity (Wildman–Crippen MR) is 73.7 cm³/mol. The van der Waals surface area contributed by atoms with E-state index < -0.39 is 0 Å². The lowest BCUT2D eigenvalue weighted by atomic mass is 10.0. The first-order valence-electron chi connectivity index (χ1n) is 6.69. The normalized spacial score (nSPS) is 21.6. The second-order valence-electron chi connectivity index (χ2n) is 5.17.